The Kier molecular flexibility index (Phi) is 1.85. The highest BCUT2D eigenvalue weighted by atomic mass is 16.2. The molecule has 1 aliphatic carbocycles. The van der Waals surface area contributed by atoms with Gasteiger partial charge in [-0.05, 0) is 31.1 Å². The maximum absolute atomic E-state index is 11.4. The normalized spacial score (nSPS) is 25.9. The predicted octanol–water partition coefficient (Wildman–Crippen LogP) is 1.80. The van der Waals surface area contributed by atoms with E-state index in [9.17, 15) is 4.79 Å². The molecule has 0 aromatic carbocycles. The van der Waals surface area contributed by atoms with E-state index in [-0.39, 0.29) is 0 Å². The highest BCUT2D eigenvalue weighted by Gasteiger charge is 2.45. The SMILES string of the molecule is CCC(=O)N1CCCC2(CC2)C1. The highest BCUT2D eigenvalue weighted by Crippen LogP contribution is 2.51. The van der Waals surface area contributed by atoms with Gasteiger partial charge >= 0.3 is 0 Å². The average molecular weight is 167 g/mol. The minimum atomic E-state index is 0.348. The molecule has 1 amide bonds. The van der Waals surface area contributed by atoms with Crippen LogP contribution >= 0.6 is 0 Å². The summed E-state index contributed by atoms with van der Waals surface area (Å²) >= 11 is 0. The molecule has 2 aliphatic rings. The third-order valence-corrected chi connectivity index (χ3v) is 3.27. The summed E-state index contributed by atoms with van der Waals surface area (Å²) in [5.74, 6) is 0.348. The second-order valence-corrected chi connectivity index (χ2v) is 4.27. The number of likely N-dealkylation sites (tertiary alicyclic amines) is 1. The van der Waals surface area contributed by atoms with Gasteiger partial charge in [0, 0.05) is 19.5 Å². The lowest BCUT2D eigenvalue weighted by Gasteiger charge is -2.32. The van der Waals surface area contributed by atoms with Crippen LogP contribution in [-0.2, 0) is 4.79 Å². The molecule has 12 heavy (non-hydrogen) atoms. The van der Waals surface area contributed by atoms with Crippen molar-refractivity contribution in [1.29, 1.82) is 0 Å². The van der Waals surface area contributed by atoms with Crippen LogP contribution in [0.3, 0.4) is 0 Å². The fraction of sp³-hybridized carbons (Fsp3) is 0.900. The topological polar surface area (TPSA) is 20.3 Å². The van der Waals surface area contributed by atoms with E-state index in [1.807, 2.05) is 6.92 Å². The van der Waals surface area contributed by atoms with Gasteiger partial charge in [-0.25, -0.2) is 0 Å². The first-order valence-corrected chi connectivity index (χ1v) is 5.04. The third-order valence-electron chi connectivity index (χ3n) is 3.27. The fourth-order valence-electron chi connectivity index (χ4n) is 2.23. The molecule has 0 bridgehead atoms. The summed E-state index contributed by atoms with van der Waals surface area (Å²) in [6.45, 7) is 4.02. The Morgan fingerprint density at radius 1 is 1.42 bits per heavy atom. The predicted molar refractivity (Wildman–Crippen MR) is 47.8 cm³/mol. The van der Waals surface area contributed by atoms with Crippen molar-refractivity contribution >= 4 is 5.91 Å². The largest absolute Gasteiger partial charge is 0.342 e. The van der Waals surface area contributed by atoms with E-state index in [0.717, 1.165) is 13.1 Å². The molecule has 2 nitrogen and oxygen atoms in total. The molecule has 0 atom stereocenters. The van der Waals surface area contributed by atoms with Crippen molar-refractivity contribution in [3.8, 4) is 0 Å². The number of rotatable bonds is 1. The molecular formula is C10H17NO. The van der Waals surface area contributed by atoms with Gasteiger partial charge in [0.2, 0.25) is 5.91 Å². The zero-order valence-corrected chi connectivity index (χ0v) is 7.81. The summed E-state index contributed by atoms with van der Waals surface area (Å²) in [5.41, 5.74) is 0.586. The van der Waals surface area contributed by atoms with Gasteiger partial charge in [-0.3, -0.25) is 4.79 Å². The Labute approximate surface area is 73.9 Å². The highest BCUT2D eigenvalue weighted by molar-refractivity contribution is 5.76. The van der Waals surface area contributed by atoms with Gasteiger partial charge in [-0.15, -0.1) is 0 Å². The van der Waals surface area contributed by atoms with E-state index >= 15 is 0 Å². The van der Waals surface area contributed by atoms with E-state index in [4.69, 9.17) is 0 Å². The maximum Gasteiger partial charge on any atom is 0.222 e. The van der Waals surface area contributed by atoms with E-state index in [0.29, 0.717) is 17.7 Å². The summed E-state index contributed by atoms with van der Waals surface area (Å²) in [4.78, 5) is 13.5. The molecule has 0 radical (unpaired) electrons. The first kappa shape index (κ1) is 8.09. The number of hydrogen-bond acceptors (Lipinski definition) is 1. The number of carbonyl (C=O) groups excluding carboxylic acids is 1. The summed E-state index contributed by atoms with van der Waals surface area (Å²) in [7, 11) is 0. The molecule has 1 heterocycles. The van der Waals surface area contributed by atoms with Crippen LogP contribution < -0.4 is 0 Å². The number of nitrogens with zero attached hydrogens (tertiary/aromatic N) is 1. The number of carbonyl (C=O) groups is 1. The Bertz CT molecular complexity index is 196. The standard InChI is InChI=1S/C10H17NO/c1-2-9(12)11-7-3-4-10(8-11)5-6-10/h2-8H2,1H3. The fourth-order valence-corrected chi connectivity index (χ4v) is 2.23. The van der Waals surface area contributed by atoms with Crippen LogP contribution in [0, 0.1) is 5.41 Å². The Hall–Kier alpha value is -0.530. The second-order valence-electron chi connectivity index (χ2n) is 4.27. The second kappa shape index (κ2) is 2.75. The van der Waals surface area contributed by atoms with Crippen LogP contribution in [0.25, 0.3) is 0 Å². The van der Waals surface area contributed by atoms with Crippen LogP contribution in [0.2, 0.25) is 0 Å². The molecule has 0 aromatic rings. The molecule has 1 saturated heterocycles. The van der Waals surface area contributed by atoms with Crippen molar-refractivity contribution in [3.05, 3.63) is 0 Å². The van der Waals surface area contributed by atoms with Gasteiger partial charge < -0.3 is 4.90 Å². The van der Waals surface area contributed by atoms with E-state index < -0.39 is 0 Å². The van der Waals surface area contributed by atoms with Crippen molar-refractivity contribution in [2.24, 2.45) is 5.41 Å². The van der Waals surface area contributed by atoms with Gasteiger partial charge in [0.1, 0.15) is 0 Å². The van der Waals surface area contributed by atoms with Crippen molar-refractivity contribution in [1.82, 2.24) is 4.90 Å². The van der Waals surface area contributed by atoms with Crippen LogP contribution in [0.1, 0.15) is 39.0 Å². The Balaban J connectivity index is 1.94. The summed E-state index contributed by atoms with van der Waals surface area (Å²) in [5, 5.41) is 0. The first-order chi connectivity index (χ1) is 5.76. The lowest BCUT2D eigenvalue weighted by atomic mass is 9.95. The van der Waals surface area contributed by atoms with Crippen molar-refractivity contribution in [2.45, 2.75) is 39.0 Å². The molecule has 2 fully saturated rings. The quantitative estimate of drug-likeness (QED) is 0.583. The smallest absolute Gasteiger partial charge is 0.222 e. The van der Waals surface area contributed by atoms with Gasteiger partial charge in [0.05, 0.1) is 0 Å². The molecule has 0 N–H and O–H groups in total. The van der Waals surface area contributed by atoms with Gasteiger partial charge in [0.15, 0.2) is 0 Å². The van der Waals surface area contributed by atoms with Crippen molar-refractivity contribution in [2.75, 3.05) is 13.1 Å². The van der Waals surface area contributed by atoms with Gasteiger partial charge in [-0.1, -0.05) is 6.92 Å². The Morgan fingerprint density at radius 2 is 2.17 bits per heavy atom. The lowest BCUT2D eigenvalue weighted by Crippen LogP contribution is -2.40. The van der Waals surface area contributed by atoms with Crippen LogP contribution in [0.15, 0.2) is 0 Å². The van der Waals surface area contributed by atoms with Crippen LogP contribution in [0.5, 0.6) is 0 Å². The van der Waals surface area contributed by atoms with Gasteiger partial charge in [0.25, 0.3) is 0 Å². The zero-order valence-electron chi connectivity index (χ0n) is 7.81. The molecule has 0 aromatic heterocycles. The minimum Gasteiger partial charge on any atom is -0.342 e. The lowest BCUT2D eigenvalue weighted by molar-refractivity contribution is -0.133. The monoisotopic (exact) mass is 167 g/mol. The molecule has 2 rings (SSSR count). The van der Waals surface area contributed by atoms with Gasteiger partial charge in [-0.2, -0.15) is 0 Å². The Morgan fingerprint density at radius 3 is 2.75 bits per heavy atom. The van der Waals surface area contributed by atoms with E-state index in [2.05, 4.69) is 4.90 Å². The van der Waals surface area contributed by atoms with Crippen LogP contribution in [-0.4, -0.2) is 23.9 Å². The molecule has 1 saturated carbocycles. The molecule has 1 aliphatic heterocycles. The summed E-state index contributed by atoms with van der Waals surface area (Å²) in [6.07, 6.45) is 5.99. The number of hydrogen-bond donors (Lipinski definition) is 0. The van der Waals surface area contributed by atoms with E-state index in [1.54, 1.807) is 0 Å². The third kappa shape index (κ3) is 1.35. The number of piperidine rings is 1. The van der Waals surface area contributed by atoms with Crippen LogP contribution in [0.4, 0.5) is 0 Å². The minimum absolute atomic E-state index is 0.348. The molecule has 0 unspecified atom stereocenters. The average Bonchev–Trinajstić information content (AvgIpc) is 2.84. The molecule has 2 heteroatoms. The molecule has 68 valence electrons. The van der Waals surface area contributed by atoms with Crippen molar-refractivity contribution in [3.63, 3.8) is 0 Å². The summed E-state index contributed by atoms with van der Waals surface area (Å²) < 4.78 is 0. The molecule has 1 spiro atoms. The maximum atomic E-state index is 11.4. The zero-order chi connectivity index (χ0) is 8.60. The molecular weight excluding hydrogens is 150 g/mol. The summed E-state index contributed by atoms with van der Waals surface area (Å²) in [6, 6.07) is 0. The number of amides is 1. The first-order valence-electron chi connectivity index (χ1n) is 5.04. The van der Waals surface area contributed by atoms with E-state index in [1.165, 1.54) is 25.7 Å². The van der Waals surface area contributed by atoms with Crippen molar-refractivity contribution < 1.29 is 4.79 Å².